The highest BCUT2D eigenvalue weighted by Gasteiger charge is 2.23. The Morgan fingerprint density at radius 1 is 1.12 bits per heavy atom. The van der Waals surface area contributed by atoms with E-state index in [1.165, 1.54) is 30.1 Å². The molecule has 15 heteroatoms. The molecule has 0 aliphatic carbocycles. The summed E-state index contributed by atoms with van der Waals surface area (Å²) in [7, 11) is -3.18. The Bertz CT molecular complexity index is 1320. The van der Waals surface area contributed by atoms with Gasteiger partial charge in [0.2, 0.25) is 0 Å². The highest BCUT2D eigenvalue weighted by molar-refractivity contribution is 7.46. The number of carbonyl (C=O) groups is 2. The first kappa shape index (κ1) is 30.7. The molecule has 216 valence electrons. The average molecular weight is 582 g/mol. The van der Waals surface area contributed by atoms with Gasteiger partial charge in [-0.25, -0.2) is 22.9 Å². The van der Waals surface area contributed by atoms with E-state index in [0.717, 1.165) is 11.6 Å². The van der Waals surface area contributed by atoms with E-state index < -0.39 is 37.6 Å². The fourth-order valence-electron chi connectivity index (χ4n) is 3.59. The van der Waals surface area contributed by atoms with Gasteiger partial charge in [0.1, 0.15) is 6.61 Å². The highest BCUT2D eigenvalue weighted by atomic mass is 31.2. The van der Waals surface area contributed by atoms with Crippen LogP contribution in [0.4, 0.5) is 24.2 Å². The number of nitrogens with one attached hydrogen (secondary N) is 2. The number of rotatable bonds is 13. The normalized spacial score (nSPS) is 12.0. The minimum absolute atomic E-state index is 0.0500. The van der Waals surface area contributed by atoms with E-state index in [-0.39, 0.29) is 44.0 Å². The third-order valence-corrected chi connectivity index (χ3v) is 6.25. The van der Waals surface area contributed by atoms with Crippen LogP contribution in [0, 0.1) is 11.6 Å². The van der Waals surface area contributed by atoms with Crippen molar-refractivity contribution < 1.29 is 46.5 Å². The van der Waals surface area contributed by atoms with Crippen molar-refractivity contribution in [2.24, 2.45) is 0 Å². The number of nitrogens with zero attached hydrogens (tertiary/aromatic N) is 2. The molecule has 0 saturated heterocycles. The quantitative estimate of drug-likeness (QED) is 0.166. The number of urea groups is 1. The fraction of sp³-hybridized carbons (Fsp3) is 0.320. The first-order chi connectivity index (χ1) is 19.0. The summed E-state index contributed by atoms with van der Waals surface area (Å²) in [4.78, 5) is 44.0. The molecular formula is C25H29F2N4O8P. The average Bonchev–Trinajstić information content (AvgIpc) is 3.38. The topological polar surface area (TPSA) is 163 Å². The van der Waals surface area contributed by atoms with Gasteiger partial charge in [0, 0.05) is 30.8 Å². The molecule has 4 N–H and O–H groups in total. The van der Waals surface area contributed by atoms with Gasteiger partial charge in [0.25, 0.3) is 0 Å². The molecule has 0 unspecified atom stereocenters. The predicted molar refractivity (Wildman–Crippen MR) is 139 cm³/mol. The van der Waals surface area contributed by atoms with Crippen LogP contribution in [-0.2, 0) is 20.4 Å². The second-order valence-electron chi connectivity index (χ2n) is 8.62. The lowest BCUT2D eigenvalue weighted by atomic mass is 10.1. The molecule has 0 bridgehead atoms. The molecule has 3 rings (SSSR count). The Hall–Kier alpha value is -3.84. The summed E-state index contributed by atoms with van der Waals surface area (Å²) in [6.07, 6.45) is 0.00510. The van der Waals surface area contributed by atoms with E-state index in [2.05, 4.69) is 20.3 Å². The van der Waals surface area contributed by atoms with E-state index in [4.69, 9.17) is 19.0 Å². The Kier molecular flexibility index (Phi) is 11.1. The number of hydrogen-bond donors (Lipinski definition) is 4. The number of phosphoric ester groups is 1. The Labute approximate surface area is 228 Å². The highest BCUT2D eigenvalue weighted by Crippen LogP contribution is 2.35. The number of anilines is 1. The Balaban J connectivity index is 1.57. The lowest BCUT2D eigenvalue weighted by Crippen LogP contribution is -2.46. The van der Waals surface area contributed by atoms with E-state index in [1.807, 2.05) is 30.3 Å². The van der Waals surface area contributed by atoms with E-state index in [1.54, 1.807) is 0 Å². The lowest BCUT2D eigenvalue weighted by molar-refractivity contribution is 0.111. The van der Waals surface area contributed by atoms with Crippen LogP contribution in [0.3, 0.4) is 0 Å². The number of amides is 3. The molecule has 2 aromatic carbocycles. The van der Waals surface area contributed by atoms with Crippen LogP contribution >= 0.6 is 7.82 Å². The summed E-state index contributed by atoms with van der Waals surface area (Å²) in [6, 6.07) is 12.9. The van der Waals surface area contributed by atoms with Gasteiger partial charge in [-0.3, -0.25) is 9.84 Å². The minimum Gasteiger partial charge on any atom is -0.447 e. The van der Waals surface area contributed by atoms with Crippen LogP contribution in [0.5, 0.6) is 0 Å². The standard InChI is InChI=1S/C25H29F2N4O8P/c1-31(24(32)28-15-18-10-7-12-20(26)23(18)27)19(11-5-6-13-38-40(34,35)36)16-37-25(33)29-22-14-21(39-30-22)17-8-3-2-4-9-17/h2-4,7-10,12,14,19H,5-6,11,13,15-16H2,1H3,(H,28,32)(H,29,30,33)(H2,34,35,36)/t19-/m0/s1. The molecule has 1 atom stereocenters. The van der Waals surface area contributed by atoms with Crippen LogP contribution in [0.1, 0.15) is 24.8 Å². The third kappa shape index (κ3) is 9.72. The molecular weight excluding hydrogens is 553 g/mol. The summed E-state index contributed by atoms with van der Waals surface area (Å²) >= 11 is 0. The Morgan fingerprint density at radius 3 is 2.60 bits per heavy atom. The number of benzene rings is 2. The van der Waals surface area contributed by atoms with Gasteiger partial charge in [0.15, 0.2) is 23.2 Å². The van der Waals surface area contributed by atoms with Crippen molar-refractivity contribution >= 4 is 25.8 Å². The minimum atomic E-state index is -4.61. The van der Waals surface area contributed by atoms with Crippen molar-refractivity contribution in [3.05, 3.63) is 71.8 Å². The zero-order chi connectivity index (χ0) is 29.1. The molecule has 0 radical (unpaired) electrons. The Morgan fingerprint density at radius 2 is 1.88 bits per heavy atom. The van der Waals surface area contributed by atoms with E-state index >= 15 is 0 Å². The summed E-state index contributed by atoms with van der Waals surface area (Å²) in [6.45, 7) is -0.761. The van der Waals surface area contributed by atoms with Crippen LogP contribution in [0.15, 0.2) is 59.1 Å². The molecule has 1 aromatic heterocycles. The van der Waals surface area contributed by atoms with Gasteiger partial charge in [0.05, 0.1) is 12.6 Å². The number of carbonyl (C=O) groups excluding carboxylic acids is 2. The van der Waals surface area contributed by atoms with Crippen LogP contribution in [-0.4, -0.2) is 58.3 Å². The number of aromatic nitrogens is 1. The molecule has 3 aromatic rings. The van der Waals surface area contributed by atoms with Crippen molar-refractivity contribution in [1.82, 2.24) is 15.4 Å². The second-order valence-corrected chi connectivity index (χ2v) is 9.86. The molecule has 40 heavy (non-hydrogen) atoms. The summed E-state index contributed by atoms with van der Waals surface area (Å²) in [5, 5.41) is 8.71. The fourth-order valence-corrected chi connectivity index (χ4v) is 3.95. The maximum absolute atomic E-state index is 13.9. The zero-order valence-electron chi connectivity index (χ0n) is 21.5. The molecule has 1 heterocycles. The van der Waals surface area contributed by atoms with Gasteiger partial charge in [-0.2, -0.15) is 0 Å². The monoisotopic (exact) mass is 582 g/mol. The van der Waals surface area contributed by atoms with Crippen LogP contribution in [0.2, 0.25) is 0 Å². The first-order valence-electron chi connectivity index (χ1n) is 12.1. The van der Waals surface area contributed by atoms with Gasteiger partial charge in [-0.1, -0.05) is 47.6 Å². The van der Waals surface area contributed by atoms with Crippen molar-refractivity contribution in [3.63, 3.8) is 0 Å². The van der Waals surface area contributed by atoms with Crippen molar-refractivity contribution in [3.8, 4) is 11.3 Å². The zero-order valence-corrected chi connectivity index (χ0v) is 22.4. The lowest BCUT2D eigenvalue weighted by Gasteiger charge is -2.28. The number of phosphoric acid groups is 1. The summed E-state index contributed by atoms with van der Waals surface area (Å²) in [5.41, 5.74) is 0.705. The van der Waals surface area contributed by atoms with Crippen LogP contribution < -0.4 is 10.6 Å². The predicted octanol–water partition coefficient (Wildman–Crippen LogP) is 4.66. The van der Waals surface area contributed by atoms with Gasteiger partial charge < -0.3 is 29.3 Å². The molecule has 12 nitrogen and oxygen atoms in total. The maximum Gasteiger partial charge on any atom is 0.469 e. The largest absolute Gasteiger partial charge is 0.469 e. The molecule has 0 fully saturated rings. The number of unbranched alkanes of at least 4 members (excludes halogenated alkanes) is 1. The van der Waals surface area contributed by atoms with Crippen molar-refractivity contribution in [2.75, 3.05) is 25.6 Å². The van der Waals surface area contributed by atoms with Crippen LogP contribution in [0.25, 0.3) is 11.3 Å². The first-order valence-corrected chi connectivity index (χ1v) is 13.7. The number of ether oxygens (including phenoxy) is 1. The van der Waals surface area contributed by atoms with E-state index in [9.17, 15) is 22.9 Å². The third-order valence-electron chi connectivity index (χ3n) is 5.73. The molecule has 0 aliphatic heterocycles. The molecule has 0 spiro atoms. The maximum atomic E-state index is 13.9. The van der Waals surface area contributed by atoms with E-state index in [0.29, 0.717) is 12.2 Å². The second kappa shape index (κ2) is 14.5. The van der Waals surface area contributed by atoms with Gasteiger partial charge in [-0.05, 0) is 25.3 Å². The van der Waals surface area contributed by atoms with Gasteiger partial charge in [-0.15, -0.1) is 0 Å². The summed E-state index contributed by atoms with van der Waals surface area (Å²) in [5.74, 6) is -1.58. The number of hydrogen-bond acceptors (Lipinski definition) is 7. The van der Waals surface area contributed by atoms with Gasteiger partial charge >= 0.3 is 19.9 Å². The van der Waals surface area contributed by atoms with Crippen molar-refractivity contribution in [1.29, 1.82) is 0 Å². The summed E-state index contributed by atoms with van der Waals surface area (Å²) < 4.78 is 53.2. The van der Waals surface area contributed by atoms with Crippen molar-refractivity contribution in [2.45, 2.75) is 31.8 Å². The number of halogens is 2. The smallest absolute Gasteiger partial charge is 0.447 e. The SMILES string of the molecule is CN(C(=O)NCc1cccc(F)c1F)[C@@H](CCCCOP(=O)(O)O)COC(=O)Nc1cc(-c2ccccc2)on1. The molecule has 0 saturated carbocycles. The number of likely N-dealkylation sites (N-methyl/N-ethyl adjacent to an activating group) is 1. The molecule has 3 amide bonds. The molecule has 0 aliphatic rings.